The first kappa shape index (κ1) is 28.6. The molecule has 0 unspecified atom stereocenters. The van der Waals surface area contributed by atoms with Gasteiger partial charge in [0, 0.05) is 18.0 Å². The van der Waals surface area contributed by atoms with Crippen LogP contribution in [0.4, 0.5) is 4.79 Å². The summed E-state index contributed by atoms with van der Waals surface area (Å²) < 4.78 is 5.84. The van der Waals surface area contributed by atoms with Crippen molar-refractivity contribution in [2.45, 2.75) is 71.5 Å². The first-order valence-corrected chi connectivity index (χ1v) is 13.0. The van der Waals surface area contributed by atoms with Crippen molar-refractivity contribution >= 4 is 17.8 Å². The average Bonchev–Trinajstić information content (AvgIpc) is 3.39. The van der Waals surface area contributed by atoms with Crippen molar-refractivity contribution in [3.8, 4) is 11.5 Å². The van der Waals surface area contributed by atoms with E-state index in [0.717, 1.165) is 22.4 Å². The van der Waals surface area contributed by atoms with Crippen molar-refractivity contribution in [1.82, 2.24) is 20.4 Å². The number of rotatable bonds is 13. The summed E-state index contributed by atoms with van der Waals surface area (Å²) in [4.78, 5) is 40.2. The van der Waals surface area contributed by atoms with Crippen LogP contribution in [0.25, 0.3) is 11.5 Å². The molecule has 0 aliphatic heterocycles. The second-order valence-corrected chi connectivity index (χ2v) is 9.70. The van der Waals surface area contributed by atoms with Crippen molar-refractivity contribution in [1.29, 1.82) is 0 Å². The summed E-state index contributed by atoms with van der Waals surface area (Å²) in [5, 5.41) is 21.3. The van der Waals surface area contributed by atoms with Crippen LogP contribution >= 0.6 is 0 Å². The SMILES string of the molecule is CCCC[C@@H](C(=O)C(=O)N[C@H](C)c1ccccc1)N(C(=O)O)[C@H](Cc1nnc(-c2ccccc2)o1)C(C)C. The number of nitrogens with one attached hydrogen (secondary N) is 1. The lowest BCUT2D eigenvalue weighted by Crippen LogP contribution is -2.56. The van der Waals surface area contributed by atoms with Gasteiger partial charge in [0.2, 0.25) is 17.6 Å². The average molecular weight is 521 g/mol. The zero-order valence-electron chi connectivity index (χ0n) is 22.3. The predicted molar refractivity (Wildman–Crippen MR) is 143 cm³/mol. The minimum Gasteiger partial charge on any atom is -0.465 e. The van der Waals surface area contributed by atoms with E-state index in [-0.39, 0.29) is 24.7 Å². The molecule has 3 rings (SSSR count). The molecular weight excluding hydrogens is 484 g/mol. The number of unbranched alkanes of at least 4 members (excludes halogenated alkanes) is 1. The molecule has 9 heteroatoms. The Morgan fingerprint density at radius 1 is 0.974 bits per heavy atom. The summed E-state index contributed by atoms with van der Waals surface area (Å²) in [5.41, 5.74) is 1.60. The highest BCUT2D eigenvalue weighted by molar-refractivity contribution is 6.38. The van der Waals surface area contributed by atoms with E-state index in [1.165, 1.54) is 0 Å². The Labute approximate surface area is 223 Å². The molecule has 0 spiro atoms. The number of amides is 2. The summed E-state index contributed by atoms with van der Waals surface area (Å²) in [6, 6.07) is 16.4. The summed E-state index contributed by atoms with van der Waals surface area (Å²) in [7, 11) is 0. The van der Waals surface area contributed by atoms with Crippen LogP contribution in [-0.2, 0) is 16.0 Å². The van der Waals surface area contributed by atoms with Crippen molar-refractivity contribution in [3.05, 3.63) is 72.1 Å². The van der Waals surface area contributed by atoms with Gasteiger partial charge in [-0.25, -0.2) is 4.79 Å². The minimum atomic E-state index is -1.27. The fourth-order valence-electron chi connectivity index (χ4n) is 4.41. The molecule has 0 aliphatic carbocycles. The number of carboxylic acid groups (broad SMARTS) is 1. The molecule has 0 saturated heterocycles. The van der Waals surface area contributed by atoms with Crippen molar-refractivity contribution in [3.63, 3.8) is 0 Å². The van der Waals surface area contributed by atoms with Gasteiger partial charge in [-0.05, 0) is 37.0 Å². The summed E-state index contributed by atoms with van der Waals surface area (Å²) >= 11 is 0. The van der Waals surface area contributed by atoms with Gasteiger partial charge < -0.3 is 14.8 Å². The van der Waals surface area contributed by atoms with E-state index in [1.807, 2.05) is 81.4 Å². The lowest BCUT2D eigenvalue weighted by Gasteiger charge is -2.37. The molecule has 0 bridgehead atoms. The first-order valence-electron chi connectivity index (χ1n) is 13.0. The van der Waals surface area contributed by atoms with E-state index < -0.39 is 35.9 Å². The Hall–Kier alpha value is -4.01. The van der Waals surface area contributed by atoms with Crippen molar-refractivity contribution in [2.75, 3.05) is 0 Å². The molecule has 3 atom stereocenters. The molecule has 2 amide bonds. The van der Waals surface area contributed by atoms with E-state index in [0.29, 0.717) is 12.3 Å². The monoisotopic (exact) mass is 520 g/mol. The molecule has 3 aromatic rings. The van der Waals surface area contributed by atoms with E-state index >= 15 is 0 Å². The maximum atomic E-state index is 13.5. The largest absolute Gasteiger partial charge is 0.465 e. The van der Waals surface area contributed by atoms with Crippen LogP contribution in [0.5, 0.6) is 0 Å². The number of hydrogen-bond donors (Lipinski definition) is 2. The van der Waals surface area contributed by atoms with Gasteiger partial charge in [0.05, 0.1) is 6.04 Å². The maximum absolute atomic E-state index is 13.5. The topological polar surface area (TPSA) is 126 Å². The molecule has 1 aromatic heterocycles. The molecule has 2 aromatic carbocycles. The number of nitrogens with zero attached hydrogens (tertiary/aromatic N) is 3. The normalized spacial score (nSPS) is 13.5. The van der Waals surface area contributed by atoms with Crippen LogP contribution in [0.1, 0.15) is 64.5 Å². The fourth-order valence-corrected chi connectivity index (χ4v) is 4.41. The van der Waals surface area contributed by atoms with Crippen molar-refractivity contribution in [2.24, 2.45) is 5.92 Å². The Balaban J connectivity index is 1.85. The van der Waals surface area contributed by atoms with Crippen LogP contribution in [0.15, 0.2) is 65.1 Å². The lowest BCUT2D eigenvalue weighted by molar-refractivity contribution is -0.141. The zero-order chi connectivity index (χ0) is 27.7. The van der Waals surface area contributed by atoms with Crippen LogP contribution in [0.2, 0.25) is 0 Å². The van der Waals surface area contributed by atoms with E-state index in [4.69, 9.17) is 4.42 Å². The van der Waals surface area contributed by atoms with Gasteiger partial charge >= 0.3 is 6.09 Å². The smallest absolute Gasteiger partial charge is 0.408 e. The standard InChI is InChI=1S/C29H36N4O5/c1-5-6-17-23(26(34)27(35)30-20(4)21-13-9-7-10-14-21)33(29(36)37)24(19(2)3)18-25-31-32-28(38-25)22-15-11-8-12-16-22/h7-16,19-20,23-24H,5-6,17-18H2,1-4H3,(H,30,35)(H,36,37)/t20-,23+,24-/m1/s1. The highest BCUT2D eigenvalue weighted by Gasteiger charge is 2.39. The zero-order valence-corrected chi connectivity index (χ0v) is 22.3. The van der Waals surface area contributed by atoms with Gasteiger partial charge in [-0.1, -0.05) is 82.1 Å². The van der Waals surface area contributed by atoms with Gasteiger partial charge in [-0.15, -0.1) is 10.2 Å². The van der Waals surface area contributed by atoms with Crippen molar-refractivity contribution < 1.29 is 23.9 Å². The quantitative estimate of drug-likeness (QED) is 0.293. The van der Waals surface area contributed by atoms with E-state index in [2.05, 4.69) is 15.5 Å². The molecular formula is C29H36N4O5. The molecule has 0 radical (unpaired) electrons. The third-order valence-electron chi connectivity index (χ3n) is 6.56. The summed E-state index contributed by atoms with van der Waals surface area (Å²) in [6.45, 7) is 7.48. The Morgan fingerprint density at radius 2 is 1.61 bits per heavy atom. The van der Waals surface area contributed by atoms with Crippen LogP contribution in [-0.4, -0.2) is 50.1 Å². The lowest BCUT2D eigenvalue weighted by atomic mass is 9.94. The first-order chi connectivity index (χ1) is 18.2. The minimum absolute atomic E-state index is 0.113. The van der Waals surface area contributed by atoms with Gasteiger partial charge in [-0.3, -0.25) is 14.5 Å². The van der Waals surface area contributed by atoms with Crippen LogP contribution in [0, 0.1) is 5.92 Å². The third-order valence-corrected chi connectivity index (χ3v) is 6.56. The van der Waals surface area contributed by atoms with Gasteiger partial charge in [0.1, 0.15) is 6.04 Å². The van der Waals surface area contributed by atoms with E-state index in [1.54, 1.807) is 6.92 Å². The highest BCUT2D eigenvalue weighted by Crippen LogP contribution is 2.25. The molecule has 9 nitrogen and oxygen atoms in total. The summed E-state index contributed by atoms with van der Waals surface area (Å²) in [5.74, 6) is -1.18. The number of benzene rings is 2. The Kier molecular flexibility index (Phi) is 10.2. The second kappa shape index (κ2) is 13.5. The van der Waals surface area contributed by atoms with Gasteiger partial charge in [-0.2, -0.15) is 0 Å². The predicted octanol–water partition coefficient (Wildman–Crippen LogP) is 5.29. The molecule has 0 fully saturated rings. The number of carbonyl (C=O) groups is 3. The highest BCUT2D eigenvalue weighted by atomic mass is 16.4. The molecule has 202 valence electrons. The molecule has 2 N–H and O–H groups in total. The molecule has 0 saturated carbocycles. The maximum Gasteiger partial charge on any atom is 0.408 e. The van der Waals surface area contributed by atoms with Gasteiger partial charge in [0.15, 0.2) is 0 Å². The second-order valence-electron chi connectivity index (χ2n) is 9.70. The number of hydrogen-bond acceptors (Lipinski definition) is 6. The molecule has 38 heavy (non-hydrogen) atoms. The van der Waals surface area contributed by atoms with Gasteiger partial charge in [0.25, 0.3) is 5.91 Å². The number of ketones is 1. The Morgan fingerprint density at radius 3 is 2.18 bits per heavy atom. The number of Topliss-reactive ketones (excluding diaryl/α,β-unsaturated/α-hetero) is 1. The fraction of sp³-hybridized carbons (Fsp3) is 0.414. The number of carbonyl (C=O) groups excluding carboxylic acids is 2. The van der Waals surface area contributed by atoms with Crippen LogP contribution < -0.4 is 5.32 Å². The summed E-state index contributed by atoms with van der Waals surface area (Å²) in [6.07, 6.45) is 0.407. The molecule has 1 heterocycles. The Bertz CT molecular complexity index is 1200. The molecule has 0 aliphatic rings. The van der Waals surface area contributed by atoms with E-state index in [9.17, 15) is 19.5 Å². The number of aromatic nitrogens is 2. The third kappa shape index (κ3) is 7.27. The van der Waals surface area contributed by atoms with Crippen LogP contribution in [0.3, 0.4) is 0 Å².